The Hall–Kier alpha value is -3.42. The van der Waals surface area contributed by atoms with Crippen LogP contribution < -0.4 is 10.6 Å². The molecule has 176 valence electrons. The summed E-state index contributed by atoms with van der Waals surface area (Å²) in [5.41, 5.74) is -0.625. The van der Waals surface area contributed by atoms with E-state index in [4.69, 9.17) is 0 Å². The van der Waals surface area contributed by atoms with Crippen LogP contribution in [0.25, 0.3) is 0 Å². The van der Waals surface area contributed by atoms with E-state index in [1.807, 2.05) is 0 Å². The summed E-state index contributed by atoms with van der Waals surface area (Å²) in [6.07, 6.45) is -4.10. The largest absolute Gasteiger partial charge is 0.416 e. The quantitative estimate of drug-likeness (QED) is 0.451. The fourth-order valence-electron chi connectivity index (χ4n) is 2.75. The molecule has 2 heterocycles. The van der Waals surface area contributed by atoms with Crippen molar-refractivity contribution in [1.82, 2.24) is 30.5 Å². The van der Waals surface area contributed by atoms with E-state index in [9.17, 15) is 27.2 Å². The summed E-state index contributed by atoms with van der Waals surface area (Å²) in [4.78, 5) is 23.2. The van der Waals surface area contributed by atoms with Crippen LogP contribution in [0.1, 0.15) is 40.0 Å². The Morgan fingerprint density at radius 1 is 1.21 bits per heavy atom. The minimum Gasteiger partial charge on any atom is -0.347 e. The second kappa shape index (κ2) is 10.5. The van der Waals surface area contributed by atoms with Gasteiger partial charge in [-0.2, -0.15) is 13.2 Å². The number of rotatable bonds is 9. The van der Waals surface area contributed by atoms with Crippen molar-refractivity contribution in [2.45, 2.75) is 45.2 Å². The molecular formula is C19H19F4N7O2S. The van der Waals surface area contributed by atoms with Gasteiger partial charge < -0.3 is 10.6 Å². The number of benzene rings is 1. The molecule has 9 nitrogen and oxygen atoms in total. The predicted octanol–water partition coefficient (Wildman–Crippen LogP) is 3.01. The van der Waals surface area contributed by atoms with Gasteiger partial charge in [0, 0.05) is 19.9 Å². The lowest BCUT2D eigenvalue weighted by Gasteiger charge is -2.09. The fraction of sp³-hybridized carbons (Fsp3) is 0.368. The van der Waals surface area contributed by atoms with Crippen LogP contribution in [-0.2, 0) is 30.5 Å². The van der Waals surface area contributed by atoms with Crippen molar-refractivity contribution in [2.24, 2.45) is 0 Å². The van der Waals surface area contributed by atoms with E-state index < -0.39 is 23.8 Å². The molecule has 0 aliphatic heterocycles. The Labute approximate surface area is 189 Å². The lowest BCUT2D eigenvalue weighted by Crippen LogP contribution is -2.23. The van der Waals surface area contributed by atoms with Crippen LogP contribution in [-0.4, -0.2) is 43.2 Å². The third kappa shape index (κ3) is 7.30. The Bertz CT molecular complexity index is 1120. The third-order valence-electron chi connectivity index (χ3n) is 4.29. The molecule has 14 heteroatoms. The van der Waals surface area contributed by atoms with E-state index in [0.29, 0.717) is 16.6 Å². The highest BCUT2D eigenvalue weighted by atomic mass is 32.1. The van der Waals surface area contributed by atoms with Crippen LogP contribution >= 0.6 is 11.3 Å². The molecule has 2 N–H and O–H groups in total. The van der Waals surface area contributed by atoms with Crippen molar-refractivity contribution < 1.29 is 27.2 Å². The number of anilines is 1. The molecule has 0 saturated heterocycles. The summed E-state index contributed by atoms with van der Waals surface area (Å²) in [5, 5.41) is 20.9. The zero-order chi connectivity index (χ0) is 24.0. The Morgan fingerprint density at radius 2 is 2.00 bits per heavy atom. The number of carbonyl (C=O) groups excluding carboxylic acids is 2. The first-order chi connectivity index (χ1) is 15.6. The molecule has 2 amide bonds. The van der Waals surface area contributed by atoms with Crippen LogP contribution in [0.5, 0.6) is 0 Å². The number of carbonyl (C=O) groups is 2. The Balaban J connectivity index is 1.47. The molecule has 33 heavy (non-hydrogen) atoms. The minimum absolute atomic E-state index is 0.0850. The van der Waals surface area contributed by atoms with Gasteiger partial charge in [-0.25, -0.2) is 9.07 Å². The molecule has 3 rings (SSSR count). The lowest BCUT2D eigenvalue weighted by molar-refractivity contribution is -0.137. The zero-order valence-corrected chi connectivity index (χ0v) is 18.1. The number of aromatic nitrogens is 5. The SMILES string of the molecule is CC(=O)Nc1nnc(CCC(F)Cn2cc(C(=O)NCc3cccc(C(F)(F)F)c3)nn2)s1. The van der Waals surface area contributed by atoms with E-state index in [2.05, 4.69) is 31.1 Å². The van der Waals surface area contributed by atoms with Crippen LogP contribution in [0.2, 0.25) is 0 Å². The van der Waals surface area contributed by atoms with Gasteiger partial charge in [0.25, 0.3) is 5.91 Å². The highest BCUT2D eigenvalue weighted by Crippen LogP contribution is 2.29. The van der Waals surface area contributed by atoms with Crippen LogP contribution in [0, 0.1) is 0 Å². The van der Waals surface area contributed by atoms with Gasteiger partial charge in [-0.05, 0) is 24.1 Å². The first-order valence-corrected chi connectivity index (χ1v) is 10.5. The highest BCUT2D eigenvalue weighted by molar-refractivity contribution is 7.15. The molecule has 0 aliphatic rings. The summed E-state index contributed by atoms with van der Waals surface area (Å²) >= 11 is 1.15. The maximum absolute atomic E-state index is 14.3. The van der Waals surface area contributed by atoms with Gasteiger partial charge in [-0.1, -0.05) is 28.7 Å². The van der Waals surface area contributed by atoms with E-state index >= 15 is 0 Å². The number of alkyl halides is 4. The number of nitrogens with one attached hydrogen (secondary N) is 2. The first-order valence-electron chi connectivity index (χ1n) is 9.68. The number of hydrogen-bond donors (Lipinski definition) is 2. The van der Waals surface area contributed by atoms with Gasteiger partial charge in [0.15, 0.2) is 5.69 Å². The van der Waals surface area contributed by atoms with E-state index in [1.54, 1.807) is 0 Å². The van der Waals surface area contributed by atoms with Crippen LogP contribution in [0.15, 0.2) is 30.5 Å². The average molecular weight is 485 g/mol. The van der Waals surface area contributed by atoms with E-state index in [1.165, 1.54) is 29.9 Å². The minimum atomic E-state index is -4.48. The van der Waals surface area contributed by atoms with Crippen molar-refractivity contribution in [3.63, 3.8) is 0 Å². The van der Waals surface area contributed by atoms with Crippen LogP contribution in [0.3, 0.4) is 0 Å². The smallest absolute Gasteiger partial charge is 0.347 e. The van der Waals surface area contributed by atoms with Gasteiger partial charge in [0.1, 0.15) is 11.2 Å². The predicted molar refractivity (Wildman–Crippen MR) is 110 cm³/mol. The molecule has 0 radical (unpaired) electrons. The van der Waals surface area contributed by atoms with Gasteiger partial charge in [0.05, 0.1) is 18.3 Å². The fourth-order valence-corrected chi connectivity index (χ4v) is 3.55. The summed E-state index contributed by atoms with van der Waals surface area (Å²) in [6, 6.07) is 4.60. The molecule has 0 spiro atoms. The average Bonchev–Trinajstić information content (AvgIpc) is 3.39. The second-order valence-electron chi connectivity index (χ2n) is 7.02. The molecular weight excluding hydrogens is 466 g/mol. The number of amides is 2. The van der Waals surface area contributed by atoms with Crippen molar-refractivity contribution in [3.8, 4) is 0 Å². The third-order valence-corrected chi connectivity index (χ3v) is 5.18. The second-order valence-corrected chi connectivity index (χ2v) is 8.09. The highest BCUT2D eigenvalue weighted by Gasteiger charge is 2.30. The van der Waals surface area contributed by atoms with Gasteiger partial charge >= 0.3 is 6.18 Å². The molecule has 0 fully saturated rings. The summed E-state index contributed by atoms with van der Waals surface area (Å²) in [7, 11) is 0. The number of halogens is 4. The van der Waals surface area contributed by atoms with E-state index in [0.717, 1.165) is 23.5 Å². The van der Waals surface area contributed by atoms with Gasteiger partial charge in [0.2, 0.25) is 11.0 Å². The molecule has 0 aliphatic carbocycles. The molecule has 1 atom stereocenters. The van der Waals surface area contributed by atoms with Gasteiger partial charge in [-0.3, -0.25) is 9.59 Å². The standard InChI is InChI=1S/C19H19F4N7O2S/c1-11(31)25-18-28-27-16(33-18)6-5-14(20)9-30-10-15(26-29-30)17(32)24-8-12-3-2-4-13(7-12)19(21,22)23/h2-4,7,10,14H,5-6,8-9H2,1H3,(H,24,32)(H,25,28,31). The van der Waals surface area contributed by atoms with Crippen molar-refractivity contribution in [3.05, 3.63) is 52.3 Å². The molecule has 3 aromatic rings. The van der Waals surface area contributed by atoms with Crippen molar-refractivity contribution in [1.29, 1.82) is 0 Å². The number of nitrogens with zero attached hydrogens (tertiary/aromatic N) is 5. The van der Waals surface area contributed by atoms with E-state index in [-0.39, 0.29) is 36.7 Å². The molecule has 0 bridgehead atoms. The Kier molecular flexibility index (Phi) is 7.68. The molecule has 1 aromatic carbocycles. The van der Waals surface area contributed by atoms with Crippen molar-refractivity contribution in [2.75, 3.05) is 5.32 Å². The van der Waals surface area contributed by atoms with Crippen molar-refractivity contribution >= 4 is 28.3 Å². The summed E-state index contributed by atoms with van der Waals surface area (Å²) in [5.74, 6) is -0.921. The lowest BCUT2D eigenvalue weighted by atomic mass is 10.1. The number of hydrogen-bond acceptors (Lipinski definition) is 7. The maximum Gasteiger partial charge on any atom is 0.416 e. The molecule has 0 saturated carbocycles. The molecule has 2 aromatic heterocycles. The summed E-state index contributed by atoms with van der Waals surface area (Å²) < 4.78 is 53.8. The maximum atomic E-state index is 14.3. The molecule has 1 unspecified atom stereocenters. The normalized spacial score (nSPS) is 12.4. The topological polar surface area (TPSA) is 115 Å². The summed E-state index contributed by atoms with van der Waals surface area (Å²) in [6.45, 7) is 1.06. The zero-order valence-electron chi connectivity index (χ0n) is 17.3. The first kappa shape index (κ1) is 24.2. The van der Waals surface area contributed by atoms with Crippen LogP contribution in [0.4, 0.5) is 22.7 Å². The number of aryl methyl sites for hydroxylation is 1. The Morgan fingerprint density at radius 3 is 2.73 bits per heavy atom. The monoisotopic (exact) mass is 485 g/mol. The van der Waals surface area contributed by atoms with Gasteiger partial charge in [-0.15, -0.1) is 15.3 Å².